The fourth-order valence-electron chi connectivity index (χ4n) is 2.13. The molecule has 0 atom stereocenters. The molecule has 0 saturated heterocycles. The van der Waals surface area contributed by atoms with Crippen molar-refractivity contribution in [1.29, 1.82) is 0 Å². The van der Waals surface area contributed by atoms with Crippen LogP contribution in [0.5, 0.6) is 0 Å². The highest BCUT2D eigenvalue weighted by atomic mass is 16.1. The number of hydrogen-bond donors (Lipinski definition) is 0. The molecule has 14 heavy (non-hydrogen) atoms. The lowest BCUT2D eigenvalue weighted by atomic mass is 10.0. The fourth-order valence-corrected chi connectivity index (χ4v) is 2.13. The highest BCUT2D eigenvalue weighted by Gasteiger charge is 2.32. The standard InChI is InChI=1S/C12H9NO/c1-7-6-10(14)12-11(7)8-4-2-3-5-9(8)13-12/h2-5H,6H2,1H3. The molecule has 1 aromatic carbocycles. The zero-order chi connectivity index (χ0) is 9.71. The Bertz CT molecular complexity index is 509. The molecule has 0 N–H and O–H groups in total. The van der Waals surface area contributed by atoms with E-state index in [1.54, 1.807) is 0 Å². The molecule has 0 radical (unpaired) electrons. The highest BCUT2D eigenvalue weighted by Crippen LogP contribution is 2.41. The molecule has 1 aliphatic carbocycles. The molecule has 0 spiro atoms. The minimum Gasteiger partial charge on any atom is -0.292 e. The number of fused-ring (bicyclic) bond motifs is 3. The van der Waals surface area contributed by atoms with Gasteiger partial charge in [-0.2, -0.15) is 0 Å². The lowest BCUT2D eigenvalue weighted by molar-refractivity contribution is -0.112. The molecule has 1 heterocycles. The summed E-state index contributed by atoms with van der Waals surface area (Å²) in [5.74, 6) is 0.161. The molecule has 1 aliphatic heterocycles. The molecule has 1 aromatic rings. The summed E-state index contributed by atoms with van der Waals surface area (Å²) in [5, 5.41) is 0. The van der Waals surface area contributed by atoms with Crippen LogP contribution < -0.4 is 0 Å². The molecule has 68 valence electrons. The number of allylic oxidation sites excluding steroid dienone is 2. The average molecular weight is 183 g/mol. The third-order valence-corrected chi connectivity index (χ3v) is 2.76. The summed E-state index contributed by atoms with van der Waals surface area (Å²) >= 11 is 0. The van der Waals surface area contributed by atoms with Crippen LogP contribution in [0.4, 0.5) is 5.69 Å². The number of benzene rings is 1. The summed E-state index contributed by atoms with van der Waals surface area (Å²) in [6, 6.07) is 7.92. The van der Waals surface area contributed by atoms with Crippen molar-refractivity contribution in [3.8, 4) is 0 Å². The van der Waals surface area contributed by atoms with Crippen LogP contribution in [0.2, 0.25) is 0 Å². The van der Waals surface area contributed by atoms with E-state index in [1.807, 2.05) is 31.2 Å². The monoisotopic (exact) mass is 183 g/mol. The zero-order valence-corrected chi connectivity index (χ0v) is 7.87. The number of carbonyl (C=O) groups excluding carboxylic acids is 1. The Morgan fingerprint density at radius 2 is 2.07 bits per heavy atom. The van der Waals surface area contributed by atoms with Crippen LogP contribution in [-0.2, 0) is 4.79 Å². The molecule has 2 heteroatoms. The largest absolute Gasteiger partial charge is 0.292 e. The average Bonchev–Trinajstić information content (AvgIpc) is 2.66. The molecular weight excluding hydrogens is 174 g/mol. The van der Waals surface area contributed by atoms with Crippen molar-refractivity contribution >= 4 is 22.8 Å². The van der Waals surface area contributed by atoms with Gasteiger partial charge in [0.15, 0.2) is 5.78 Å². The lowest BCUT2D eigenvalue weighted by Gasteiger charge is -1.98. The lowest BCUT2D eigenvalue weighted by Crippen LogP contribution is -2.04. The molecule has 0 bridgehead atoms. The van der Waals surface area contributed by atoms with E-state index in [0.29, 0.717) is 12.1 Å². The Balaban J connectivity index is 2.33. The molecule has 0 aromatic heterocycles. The van der Waals surface area contributed by atoms with Crippen LogP contribution in [0.25, 0.3) is 5.57 Å². The van der Waals surface area contributed by atoms with Crippen molar-refractivity contribution in [2.24, 2.45) is 4.99 Å². The van der Waals surface area contributed by atoms with E-state index in [9.17, 15) is 4.79 Å². The van der Waals surface area contributed by atoms with Crippen LogP contribution in [0.15, 0.2) is 34.8 Å². The molecular formula is C12H9NO. The maximum atomic E-state index is 11.6. The van der Waals surface area contributed by atoms with Gasteiger partial charge in [0.2, 0.25) is 0 Å². The van der Waals surface area contributed by atoms with Crippen LogP contribution in [0.3, 0.4) is 0 Å². The minimum absolute atomic E-state index is 0.161. The Morgan fingerprint density at radius 3 is 2.93 bits per heavy atom. The van der Waals surface area contributed by atoms with E-state index in [2.05, 4.69) is 4.99 Å². The first kappa shape index (κ1) is 7.68. The van der Waals surface area contributed by atoms with Crippen molar-refractivity contribution in [1.82, 2.24) is 0 Å². The van der Waals surface area contributed by atoms with Crippen LogP contribution in [0.1, 0.15) is 18.9 Å². The maximum absolute atomic E-state index is 11.6. The second-order valence-electron chi connectivity index (χ2n) is 3.73. The van der Waals surface area contributed by atoms with Crippen LogP contribution in [0, 0.1) is 0 Å². The Morgan fingerprint density at radius 1 is 1.29 bits per heavy atom. The van der Waals surface area contributed by atoms with E-state index in [1.165, 1.54) is 0 Å². The highest BCUT2D eigenvalue weighted by molar-refractivity contribution is 6.61. The third-order valence-electron chi connectivity index (χ3n) is 2.76. The van der Waals surface area contributed by atoms with E-state index >= 15 is 0 Å². The molecule has 0 unspecified atom stereocenters. The van der Waals surface area contributed by atoms with E-state index < -0.39 is 0 Å². The summed E-state index contributed by atoms with van der Waals surface area (Å²) in [4.78, 5) is 15.9. The Labute approximate surface area is 82.0 Å². The number of aliphatic imine (C=N–C) groups is 1. The van der Waals surface area contributed by atoms with Gasteiger partial charge in [0.25, 0.3) is 0 Å². The zero-order valence-electron chi connectivity index (χ0n) is 7.87. The van der Waals surface area contributed by atoms with E-state index in [4.69, 9.17) is 0 Å². The molecule has 2 aliphatic rings. The first-order chi connectivity index (χ1) is 6.77. The van der Waals surface area contributed by atoms with Crippen LogP contribution >= 0.6 is 0 Å². The van der Waals surface area contributed by atoms with Gasteiger partial charge in [-0.25, -0.2) is 4.99 Å². The number of nitrogens with zero attached hydrogens (tertiary/aromatic N) is 1. The second kappa shape index (κ2) is 2.41. The summed E-state index contributed by atoms with van der Waals surface area (Å²) in [5.41, 5.74) is 4.95. The number of rotatable bonds is 0. The Hall–Kier alpha value is -1.70. The van der Waals surface area contributed by atoms with Gasteiger partial charge < -0.3 is 0 Å². The van der Waals surface area contributed by atoms with Gasteiger partial charge in [-0.05, 0) is 13.0 Å². The van der Waals surface area contributed by atoms with Gasteiger partial charge in [0.1, 0.15) is 5.71 Å². The van der Waals surface area contributed by atoms with E-state index in [0.717, 1.165) is 22.4 Å². The van der Waals surface area contributed by atoms with Gasteiger partial charge in [-0.15, -0.1) is 0 Å². The fraction of sp³-hybridized carbons (Fsp3) is 0.167. The number of carbonyl (C=O) groups is 1. The summed E-state index contributed by atoms with van der Waals surface area (Å²) in [7, 11) is 0. The van der Waals surface area contributed by atoms with Gasteiger partial charge in [0.05, 0.1) is 5.69 Å². The number of ketones is 1. The smallest absolute Gasteiger partial charge is 0.185 e. The third kappa shape index (κ3) is 0.803. The normalized spacial score (nSPS) is 18.4. The quantitative estimate of drug-likeness (QED) is 0.607. The molecule has 0 fully saturated rings. The number of para-hydroxylation sites is 1. The number of hydrogen-bond acceptors (Lipinski definition) is 2. The predicted octanol–water partition coefficient (Wildman–Crippen LogP) is 2.52. The molecule has 0 amide bonds. The molecule has 3 rings (SSSR count). The molecule has 2 nitrogen and oxygen atoms in total. The van der Waals surface area contributed by atoms with Gasteiger partial charge >= 0.3 is 0 Å². The van der Waals surface area contributed by atoms with Crippen LogP contribution in [-0.4, -0.2) is 11.5 Å². The van der Waals surface area contributed by atoms with Crippen molar-refractivity contribution < 1.29 is 4.79 Å². The topological polar surface area (TPSA) is 29.4 Å². The number of Topliss-reactive ketones (excluding diaryl/α,β-unsaturated/α-hetero) is 1. The summed E-state index contributed by atoms with van der Waals surface area (Å²) in [6.45, 7) is 2.01. The SMILES string of the molecule is CC1=C2C(=Nc3ccccc32)C(=O)C1. The van der Waals surface area contributed by atoms with Gasteiger partial charge in [-0.3, -0.25) is 4.79 Å². The second-order valence-corrected chi connectivity index (χ2v) is 3.73. The molecule has 0 saturated carbocycles. The minimum atomic E-state index is 0.161. The van der Waals surface area contributed by atoms with Crippen molar-refractivity contribution in [3.63, 3.8) is 0 Å². The van der Waals surface area contributed by atoms with Gasteiger partial charge in [0, 0.05) is 17.6 Å². The maximum Gasteiger partial charge on any atom is 0.185 e. The van der Waals surface area contributed by atoms with Gasteiger partial charge in [-0.1, -0.05) is 23.8 Å². The summed E-state index contributed by atoms with van der Waals surface area (Å²) < 4.78 is 0. The Kier molecular flexibility index (Phi) is 1.32. The first-order valence-corrected chi connectivity index (χ1v) is 4.69. The van der Waals surface area contributed by atoms with Crippen molar-refractivity contribution in [3.05, 3.63) is 35.4 Å². The predicted molar refractivity (Wildman–Crippen MR) is 55.8 cm³/mol. The first-order valence-electron chi connectivity index (χ1n) is 4.69. The summed E-state index contributed by atoms with van der Waals surface area (Å²) in [6.07, 6.45) is 0.544. The van der Waals surface area contributed by atoms with E-state index in [-0.39, 0.29) is 5.78 Å². The van der Waals surface area contributed by atoms with Crippen molar-refractivity contribution in [2.45, 2.75) is 13.3 Å². The van der Waals surface area contributed by atoms with Crippen molar-refractivity contribution in [2.75, 3.05) is 0 Å².